The van der Waals surface area contributed by atoms with Gasteiger partial charge in [-0.1, -0.05) is 84.7 Å². The van der Waals surface area contributed by atoms with Crippen molar-refractivity contribution >= 4 is 35.0 Å². The maximum atomic E-state index is 13.7. The van der Waals surface area contributed by atoms with Gasteiger partial charge in [-0.2, -0.15) is 0 Å². The Labute approximate surface area is 211 Å². The van der Waals surface area contributed by atoms with Crippen LogP contribution in [0.15, 0.2) is 78.9 Å². The number of hydrogen-bond donors (Lipinski definition) is 1. The summed E-state index contributed by atoms with van der Waals surface area (Å²) in [6.45, 7) is 4.25. The minimum Gasteiger partial charge on any atom is -0.352 e. The molecule has 3 aromatic carbocycles. The van der Waals surface area contributed by atoms with Crippen molar-refractivity contribution in [3.05, 3.63) is 106 Å². The summed E-state index contributed by atoms with van der Waals surface area (Å²) in [5.74, 6) is -0.317. The minimum atomic E-state index is -0.679. The van der Waals surface area contributed by atoms with Crippen LogP contribution in [0.25, 0.3) is 0 Å². The van der Waals surface area contributed by atoms with Gasteiger partial charge in [0.1, 0.15) is 6.04 Å². The van der Waals surface area contributed by atoms with Crippen molar-refractivity contribution in [3.8, 4) is 0 Å². The SMILES string of the molecule is CCC(C)NC(=O)C(Cc1ccccc1)N(Cc1cccc(Cl)c1)C(=O)Cc1cccc(Cl)c1. The molecule has 2 atom stereocenters. The highest BCUT2D eigenvalue weighted by molar-refractivity contribution is 6.30. The fourth-order valence-electron chi connectivity index (χ4n) is 3.75. The van der Waals surface area contributed by atoms with Gasteiger partial charge in [0.2, 0.25) is 11.8 Å². The second kappa shape index (κ2) is 12.6. The molecule has 0 radical (unpaired) electrons. The number of rotatable bonds is 10. The average Bonchev–Trinajstić information content (AvgIpc) is 2.81. The molecular formula is C28H30Cl2N2O2. The third-order valence-electron chi connectivity index (χ3n) is 5.76. The van der Waals surface area contributed by atoms with Crippen LogP contribution in [-0.2, 0) is 29.0 Å². The molecule has 0 bridgehead atoms. The van der Waals surface area contributed by atoms with Gasteiger partial charge in [-0.15, -0.1) is 0 Å². The first-order valence-corrected chi connectivity index (χ1v) is 12.2. The standard InChI is InChI=1S/C28H30Cl2N2O2/c1-3-20(2)31-28(34)26(17-21-9-5-4-6-10-21)32(19-23-12-8-14-25(30)16-23)27(33)18-22-11-7-13-24(29)15-22/h4-16,20,26H,3,17-19H2,1-2H3,(H,31,34). The van der Waals surface area contributed by atoms with E-state index in [9.17, 15) is 9.59 Å². The number of benzene rings is 3. The van der Waals surface area contributed by atoms with Crippen LogP contribution in [0.2, 0.25) is 10.0 Å². The van der Waals surface area contributed by atoms with E-state index < -0.39 is 6.04 Å². The molecule has 4 nitrogen and oxygen atoms in total. The Morgan fingerprint density at radius 2 is 1.44 bits per heavy atom. The van der Waals surface area contributed by atoms with Crippen molar-refractivity contribution in [2.45, 2.75) is 51.7 Å². The molecular weight excluding hydrogens is 467 g/mol. The van der Waals surface area contributed by atoms with E-state index in [1.165, 1.54) is 0 Å². The summed E-state index contributed by atoms with van der Waals surface area (Å²) in [7, 11) is 0. The third-order valence-corrected chi connectivity index (χ3v) is 6.23. The Balaban J connectivity index is 1.97. The minimum absolute atomic E-state index is 0.00169. The lowest BCUT2D eigenvalue weighted by Gasteiger charge is -2.32. The van der Waals surface area contributed by atoms with Crippen LogP contribution in [0.1, 0.15) is 37.0 Å². The second-order valence-electron chi connectivity index (χ2n) is 8.48. The molecule has 0 saturated heterocycles. The van der Waals surface area contributed by atoms with Crippen molar-refractivity contribution in [2.24, 2.45) is 0 Å². The van der Waals surface area contributed by atoms with E-state index in [0.29, 0.717) is 16.5 Å². The van der Waals surface area contributed by atoms with Crippen molar-refractivity contribution in [1.29, 1.82) is 0 Å². The van der Waals surface area contributed by atoms with Crippen molar-refractivity contribution in [1.82, 2.24) is 10.2 Å². The molecule has 0 aliphatic heterocycles. The van der Waals surface area contributed by atoms with Gasteiger partial charge in [-0.25, -0.2) is 0 Å². The lowest BCUT2D eigenvalue weighted by molar-refractivity contribution is -0.141. The van der Waals surface area contributed by atoms with Crippen LogP contribution in [-0.4, -0.2) is 28.8 Å². The van der Waals surface area contributed by atoms with Gasteiger partial charge < -0.3 is 10.2 Å². The molecule has 2 amide bonds. The summed E-state index contributed by atoms with van der Waals surface area (Å²) in [4.78, 5) is 28.8. The van der Waals surface area contributed by atoms with E-state index >= 15 is 0 Å². The van der Waals surface area contributed by atoms with Crippen molar-refractivity contribution in [3.63, 3.8) is 0 Å². The lowest BCUT2D eigenvalue weighted by Crippen LogP contribution is -2.52. The van der Waals surface area contributed by atoms with Gasteiger partial charge in [0.05, 0.1) is 6.42 Å². The van der Waals surface area contributed by atoms with Gasteiger partial charge in [0, 0.05) is 29.1 Å². The molecule has 0 fully saturated rings. The maximum absolute atomic E-state index is 13.7. The second-order valence-corrected chi connectivity index (χ2v) is 9.35. The molecule has 3 aromatic rings. The van der Waals surface area contributed by atoms with E-state index in [1.54, 1.807) is 23.1 Å². The Kier molecular flexibility index (Phi) is 9.55. The Morgan fingerprint density at radius 1 is 0.853 bits per heavy atom. The number of amides is 2. The largest absolute Gasteiger partial charge is 0.352 e. The van der Waals surface area contributed by atoms with E-state index in [2.05, 4.69) is 5.32 Å². The molecule has 34 heavy (non-hydrogen) atoms. The number of nitrogens with zero attached hydrogens (tertiary/aromatic N) is 1. The highest BCUT2D eigenvalue weighted by atomic mass is 35.5. The smallest absolute Gasteiger partial charge is 0.243 e. The van der Waals surface area contributed by atoms with E-state index in [1.807, 2.05) is 74.5 Å². The van der Waals surface area contributed by atoms with Gasteiger partial charge in [-0.3, -0.25) is 9.59 Å². The number of carbonyl (C=O) groups excluding carboxylic acids is 2. The topological polar surface area (TPSA) is 49.4 Å². The number of halogens is 2. The predicted molar refractivity (Wildman–Crippen MR) is 139 cm³/mol. The molecule has 0 saturated carbocycles. The molecule has 178 valence electrons. The Hall–Kier alpha value is -2.82. The first kappa shape index (κ1) is 25.8. The van der Waals surface area contributed by atoms with E-state index in [4.69, 9.17) is 23.2 Å². The van der Waals surface area contributed by atoms with Gasteiger partial charge in [0.15, 0.2) is 0 Å². The summed E-state index contributed by atoms with van der Waals surface area (Å²) in [6, 6.07) is 23.7. The van der Waals surface area contributed by atoms with Gasteiger partial charge in [-0.05, 0) is 54.3 Å². The molecule has 2 unspecified atom stereocenters. The highest BCUT2D eigenvalue weighted by Crippen LogP contribution is 2.20. The molecule has 0 aliphatic carbocycles. The molecule has 0 spiro atoms. The normalized spacial score (nSPS) is 12.6. The number of carbonyl (C=O) groups is 2. The number of nitrogens with one attached hydrogen (secondary N) is 1. The van der Waals surface area contributed by atoms with Gasteiger partial charge in [0.25, 0.3) is 0 Å². The monoisotopic (exact) mass is 496 g/mol. The fraction of sp³-hybridized carbons (Fsp3) is 0.286. The molecule has 3 rings (SSSR count). The lowest BCUT2D eigenvalue weighted by atomic mass is 10.0. The van der Waals surface area contributed by atoms with E-state index in [-0.39, 0.29) is 30.8 Å². The van der Waals surface area contributed by atoms with Crippen LogP contribution in [0.5, 0.6) is 0 Å². The van der Waals surface area contributed by atoms with Crippen LogP contribution >= 0.6 is 23.2 Å². The summed E-state index contributed by atoms with van der Waals surface area (Å²) in [6.07, 6.45) is 1.35. The maximum Gasteiger partial charge on any atom is 0.243 e. The zero-order chi connectivity index (χ0) is 24.5. The first-order chi connectivity index (χ1) is 16.4. The molecule has 0 heterocycles. The fourth-order valence-corrected chi connectivity index (χ4v) is 4.18. The Morgan fingerprint density at radius 3 is 2.06 bits per heavy atom. The highest BCUT2D eigenvalue weighted by Gasteiger charge is 2.31. The zero-order valence-electron chi connectivity index (χ0n) is 19.5. The molecule has 0 aromatic heterocycles. The molecule has 6 heteroatoms. The van der Waals surface area contributed by atoms with Crippen molar-refractivity contribution in [2.75, 3.05) is 0 Å². The average molecular weight is 497 g/mol. The Bertz CT molecular complexity index is 1100. The molecule has 0 aliphatic rings. The van der Waals surface area contributed by atoms with Crippen LogP contribution in [0, 0.1) is 0 Å². The third kappa shape index (κ3) is 7.61. The molecule has 1 N–H and O–H groups in total. The van der Waals surface area contributed by atoms with Crippen LogP contribution < -0.4 is 5.32 Å². The summed E-state index contributed by atoms with van der Waals surface area (Å²) < 4.78 is 0. The van der Waals surface area contributed by atoms with Crippen LogP contribution in [0.3, 0.4) is 0 Å². The summed E-state index contributed by atoms with van der Waals surface area (Å²) in [5, 5.41) is 4.23. The van der Waals surface area contributed by atoms with E-state index in [0.717, 1.165) is 23.1 Å². The van der Waals surface area contributed by atoms with Crippen LogP contribution in [0.4, 0.5) is 0 Å². The number of hydrogen-bond acceptors (Lipinski definition) is 2. The first-order valence-electron chi connectivity index (χ1n) is 11.5. The van der Waals surface area contributed by atoms with Crippen molar-refractivity contribution < 1.29 is 9.59 Å². The summed E-state index contributed by atoms with van der Waals surface area (Å²) >= 11 is 12.4. The summed E-state index contributed by atoms with van der Waals surface area (Å²) in [5.41, 5.74) is 2.65. The van der Waals surface area contributed by atoms with Gasteiger partial charge >= 0.3 is 0 Å². The predicted octanol–water partition coefficient (Wildman–Crippen LogP) is 6.09. The quantitative estimate of drug-likeness (QED) is 0.369. The zero-order valence-corrected chi connectivity index (χ0v) is 21.0.